The number of carbonyl (C=O) groups excluding carboxylic acids is 2. The Morgan fingerprint density at radius 2 is 1.90 bits per heavy atom. The van der Waals surface area contributed by atoms with Crippen molar-refractivity contribution in [1.29, 1.82) is 0 Å². The minimum atomic E-state index is -0.515. The molecule has 1 aromatic carbocycles. The van der Waals surface area contributed by atoms with Gasteiger partial charge < -0.3 is 10.2 Å². The van der Waals surface area contributed by atoms with E-state index in [1.165, 1.54) is 4.90 Å². The summed E-state index contributed by atoms with van der Waals surface area (Å²) in [5, 5.41) is 2.78. The fourth-order valence-corrected chi connectivity index (χ4v) is 3.40. The topological polar surface area (TPSA) is 49.4 Å². The molecule has 1 aliphatic rings. The molecule has 1 unspecified atom stereocenters. The van der Waals surface area contributed by atoms with Gasteiger partial charge in [0.1, 0.15) is 12.6 Å². The Balaban J connectivity index is 2.40. The number of rotatable bonds is 1. The van der Waals surface area contributed by atoms with Gasteiger partial charge in [-0.05, 0) is 39.5 Å². The van der Waals surface area contributed by atoms with Crippen molar-refractivity contribution < 1.29 is 9.59 Å². The zero-order valence-electron chi connectivity index (χ0n) is 11.5. The summed E-state index contributed by atoms with van der Waals surface area (Å²) in [6.45, 7) is 5.87. The van der Waals surface area contributed by atoms with E-state index in [2.05, 4.69) is 37.2 Å². The molecule has 1 heterocycles. The summed E-state index contributed by atoms with van der Waals surface area (Å²) in [5.41, 5.74) is 0.384. The summed E-state index contributed by atoms with van der Waals surface area (Å²) >= 11 is 6.82. The summed E-state index contributed by atoms with van der Waals surface area (Å²) < 4.78 is 1.69. The molecule has 1 aliphatic heterocycles. The van der Waals surface area contributed by atoms with Gasteiger partial charge in [-0.3, -0.25) is 9.59 Å². The van der Waals surface area contributed by atoms with E-state index in [-0.39, 0.29) is 23.8 Å². The first-order valence-electron chi connectivity index (χ1n) is 6.26. The molecule has 1 aromatic rings. The largest absolute Gasteiger partial charge is 0.342 e. The third-order valence-corrected chi connectivity index (χ3v) is 4.31. The van der Waals surface area contributed by atoms with Gasteiger partial charge in [0.25, 0.3) is 5.91 Å². The van der Waals surface area contributed by atoms with Crippen molar-refractivity contribution in [2.75, 3.05) is 11.4 Å². The molecule has 2 amide bonds. The first-order chi connectivity index (χ1) is 9.20. The van der Waals surface area contributed by atoms with Gasteiger partial charge in [0.2, 0.25) is 5.91 Å². The van der Waals surface area contributed by atoms with E-state index in [1.54, 1.807) is 0 Å². The Morgan fingerprint density at radius 1 is 1.25 bits per heavy atom. The van der Waals surface area contributed by atoms with Crippen LogP contribution in [0.25, 0.3) is 0 Å². The van der Waals surface area contributed by atoms with E-state index >= 15 is 0 Å². The second-order valence-corrected chi connectivity index (χ2v) is 7.66. The van der Waals surface area contributed by atoms with Crippen LogP contribution >= 0.6 is 31.9 Å². The molecular weight excluding hydrogens is 388 g/mol. The van der Waals surface area contributed by atoms with Crippen molar-refractivity contribution in [2.45, 2.75) is 26.8 Å². The predicted molar refractivity (Wildman–Crippen MR) is 85.6 cm³/mol. The van der Waals surface area contributed by atoms with Crippen LogP contribution in [0.3, 0.4) is 0 Å². The van der Waals surface area contributed by atoms with Gasteiger partial charge in [-0.1, -0.05) is 36.7 Å². The number of nitrogens with one attached hydrogen (secondary N) is 1. The first kappa shape index (κ1) is 15.5. The molecule has 1 saturated heterocycles. The Kier molecular flexibility index (Phi) is 4.25. The van der Waals surface area contributed by atoms with E-state index in [9.17, 15) is 9.59 Å². The van der Waals surface area contributed by atoms with Crippen molar-refractivity contribution in [3.8, 4) is 0 Å². The Hall–Kier alpha value is -0.880. The lowest BCUT2D eigenvalue weighted by molar-refractivity contribution is -0.133. The lowest BCUT2D eigenvalue weighted by atomic mass is 9.84. The number of anilines is 1. The summed E-state index contributed by atoms with van der Waals surface area (Å²) in [7, 11) is 0. The zero-order chi connectivity index (χ0) is 15.1. The molecule has 1 atom stereocenters. The highest BCUT2D eigenvalue weighted by molar-refractivity contribution is 9.11. The van der Waals surface area contributed by atoms with Crippen LogP contribution < -0.4 is 10.2 Å². The number of piperazine rings is 1. The van der Waals surface area contributed by atoms with Crippen LogP contribution in [0.5, 0.6) is 0 Å². The smallest absolute Gasteiger partial charge is 0.250 e. The predicted octanol–water partition coefficient (Wildman–Crippen LogP) is 3.09. The summed E-state index contributed by atoms with van der Waals surface area (Å²) in [6.07, 6.45) is 0. The molecule has 1 N–H and O–H groups in total. The molecule has 0 bridgehead atoms. The summed E-state index contributed by atoms with van der Waals surface area (Å²) in [5.74, 6) is -0.223. The number of nitrogens with zero attached hydrogens (tertiary/aromatic N) is 1. The molecule has 108 valence electrons. The highest BCUT2D eigenvalue weighted by Gasteiger charge is 2.40. The number of halogens is 2. The van der Waals surface area contributed by atoms with E-state index in [0.717, 1.165) is 8.95 Å². The maximum atomic E-state index is 12.6. The van der Waals surface area contributed by atoms with Crippen LogP contribution in [0.4, 0.5) is 5.69 Å². The summed E-state index contributed by atoms with van der Waals surface area (Å²) in [4.78, 5) is 26.1. The van der Waals surface area contributed by atoms with Gasteiger partial charge in [0.05, 0.1) is 5.69 Å². The van der Waals surface area contributed by atoms with E-state index in [0.29, 0.717) is 5.69 Å². The molecule has 0 aromatic heterocycles. The maximum Gasteiger partial charge on any atom is 0.250 e. The average Bonchev–Trinajstić information content (AvgIpc) is 2.31. The second-order valence-electron chi connectivity index (χ2n) is 5.89. The average molecular weight is 404 g/mol. The van der Waals surface area contributed by atoms with Gasteiger partial charge in [-0.25, -0.2) is 0 Å². The van der Waals surface area contributed by atoms with Gasteiger partial charge in [-0.2, -0.15) is 0 Å². The Morgan fingerprint density at radius 3 is 2.45 bits per heavy atom. The highest BCUT2D eigenvalue weighted by Crippen LogP contribution is 2.32. The van der Waals surface area contributed by atoms with Crippen LogP contribution in [0.15, 0.2) is 27.1 Å². The van der Waals surface area contributed by atoms with Crippen molar-refractivity contribution in [3.05, 3.63) is 27.1 Å². The van der Waals surface area contributed by atoms with E-state index < -0.39 is 6.04 Å². The molecule has 0 spiro atoms. The monoisotopic (exact) mass is 402 g/mol. The Bertz CT molecular complexity index is 567. The molecule has 4 nitrogen and oxygen atoms in total. The van der Waals surface area contributed by atoms with Crippen molar-refractivity contribution in [2.24, 2.45) is 5.41 Å². The quantitative estimate of drug-likeness (QED) is 0.783. The third kappa shape index (κ3) is 3.06. The molecular formula is C14H16Br2N2O2. The van der Waals surface area contributed by atoms with E-state index in [1.807, 2.05) is 39.0 Å². The fraction of sp³-hybridized carbons (Fsp3) is 0.429. The number of carbonyl (C=O) groups is 2. The van der Waals surface area contributed by atoms with Crippen LogP contribution in [0.1, 0.15) is 20.8 Å². The minimum Gasteiger partial charge on any atom is -0.342 e. The Labute approximate surface area is 135 Å². The second kappa shape index (κ2) is 5.48. The number of amides is 2. The van der Waals surface area contributed by atoms with Gasteiger partial charge >= 0.3 is 0 Å². The van der Waals surface area contributed by atoms with Crippen LogP contribution in [-0.2, 0) is 9.59 Å². The van der Waals surface area contributed by atoms with Crippen LogP contribution in [-0.4, -0.2) is 24.4 Å². The SMILES string of the molecule is CC(C)(C)C1NC(=O)CN(c2ccc(Br)cc2Br)C1=O. The third-order valence-electron chi connectivity index (χ3n) is 3.19. The van der Waals surface area contributed by atoms with Crippen LogP contribution in [0.2, 0.25) is 0 Å². The lowest BCUT2D eigenvalue weighted by Gasteiger charge is -2.39. The fourth-order valence-electron chi connectivity index (χ4n) is 2.14. The van der Waals surface area contributed by atoms with Gasteiger partial charge in [0.15, 0.2) is 0 Å². The van der Waals surface area contributed by atoms with Crippen LogP contribution in [0, 0.1) is 5.41 Å². The van der Waals surface area contributed by atoms with Crippen molar-refractivity contribution in [1.82, 2.24) is 5.32 Å². The van der Waals surface area contributed by atoms with Gasteiger partial charge in [0, 0.05) is 8.95 Å². The lowest BCUT2D eigenvalue weighted by Crippen LogP contribution is -2.62. The molecule has 1 fully saturated rings. The van der Waals surface area contributed by atoms with Gasteiger partial charge in [-0.15, -0.1) is 0 Å². The molecule has 6 heteroatoms. The van der Waals surface area contributed by atoms with Crippen molar-refractivity contribution in [3.63, 3.8) is 0 Å². The molecule has 2 rings (SSSR count). The standard InChI is InChI=1S/C14H16Br2N2O2/c1-14(2,3)12-13(20)18(7-11(19)17-12)10-5-4-8(15)6-9(10)16/h4-6,12H,7H2,1-3H3,(H,17,19). The van der Waals surface area contributed by atoms with E-state index in [4.69, 9.17) is 0 Å². The molecule has 20 heavy (non-hydrogen) atoms. The first-order valence-corrected chi connectivity index (χ1v) is 7.84. The normalized spacial score (nSPS) is 20.1. The molecule has 0 saturated carbocycles. The number of hydrogen-bond acceptors (Lipinski definition) is 2. The highest BCUT2D eigenvalue weighted by atomic mass is 79.9. The molecule has 0 aliphatic carbocycles. The minimum absolute atomic E-state index is 0.0473. The number of hydrogen-bond donors (Lipinski definition) is 1. The maximum absolute atomic E-state index is 12.6. The number of benzene rings is 1. The molecule has 0 radical (unpaired) electrons. The van der Waals surface area contributed by atoms with Crippen molar-refractivity contribution >= 4 is 49.4 Å². The zero-order valence-corrected chi connectivity index (χ0v) is 14.7. The summed E-state index contributed by atoms with van der Waals surface area (Å²) in [6, 6.07) is 5.02.